The molecule has 0 aromatic heterocycles. The Kier molecular flexibility index (Phi) is 6.35. The number of hydrogen-bond acceptors (Lipinski definition) is 5. The number of methoxy groups -OCH3 is 2. The van der Waals surface area contributed by atoms with Gasteiger partial charge in [-0.1, -0.05) is 0 Å². The average molecular weight is 254 g/mol. The second-order valence-corrected chi connectivity index (χ2v) is 4.33. The first-order chi connectivity index (χ1) is 6.94. The van der Waals surface area contributed by atoms with Gasteiger partial charge in [-0.05, 0) is 17.7 Å². The third-order valence-corrected chi connectivity index (χ3v) is 2.44. The van der Waals surface area contributed by atoms with E-state index in [1.54, 1.807) is 6.07 Å². The van der Waals surface area contributed by atoms with Gasteiger partial charge in [0.25, 0.3) is 0 Å². The zero-order valence-electron chi connectivity index (χ0n) is 9.39. The van der Waals surface area contributed by atoms with Gasteiger partial charge in [-0.25, -0.2) is 8.42 Å². The van der Waals surface area contributed by atoms with E-state index in [1.807, 2.05) is 0 Å². The molecule has 0 N–H and O–H groups in total. The molecule has 0 unspecified atom stereocenters. The summed E-state index contributed by atoms with van der Waals surface area (Å²) in [5.41, 5.74) is 0.348. The van der Waals surface area contributed by atoms with Crippen LogP contribution in [0.5, 0.6) is 11.5 Å². The van der Waals surface area contributed by atoms with Crippen molar-refractivity contribution in [2.24, 2.45) is 0 Å². The normalized spacial score (nSPS) is 10.4. The summed E-state index contributed by atoms with van der Waals surface area (Å²) < 4.78 is 41.6. The largest absolute Gasteiger partial charge is 1.00 e. The number of benzene rings is 1. The minimum Gasteiger partial charge on any atom is -0.748 e. The van der Waals surface area contributed by atoms with Crippen molar-refractivity contribution in [3.8, 4) is 11.5 Å². The van der Waals surface area contributed by atoms with Crippen LogP contribution in [0.4, 0.5) is 0 Å². The van der Waals surface area contributed by atoms with E-state index in [0.29, 0.717) is 17.1 Å². The maximum atomic E-state index is 10.6. The van der Waals surface area contributed by atoms with Crippen molar-refractivity contribution in [2.45, 2.75) is 5.75 Å². The van der Waals surface area contributed by atoms with Crippen LogP contribution in [0.2, 0.25) is 0 Å². The molecule has 0 aliphatic rings. The fourth-order valence-corrected chi connectivity index (χ4v) is 1.73. The Morgan fingerprint density at radius 1 is 1.12 bits per heavy atom. The quantitative estimate of drug-likeness (QED) is 0.448. The molecule has 0 bridgehead atoms. The van der Waals surface area contributed by atoms with Crippen LogP contribution in [0.15, 0.2) is 18.2 Å². The van der Waals surface area contributed by atoms with Crippen molar-refractivity contribution in [3.05, 3.63) is 23.8 Å². The first-order valence-corrected chi connectivity index (χ1v) is 5.68. The van der Waals surface area contributed by atoms with E-state index in [2.05, 4.69) is 0 Å². The van der Waals surface area contributed by atoms with Gasteiger partial charge in [-0.15, -0.1) is 0 Å². The Balaban J connectivity index is 0.00000225. The summed E-state index contributed by atoms with van der Waals surface area (Å²) in [6, 6.07) is 4.57. The van der Waals surface area contributed by atoms with Gasteiger partial charge in [0.05, 0.1) is 30.1 Å². The number of ether oxygens (including phenoxy) is 2. The SMILES string of the molecule is COc1cc(CS(=O)(=O)[O-])cc(OC)c1.[Na+]. The first kappa shape index (κ1) is 15.7. The Hall–Kier alpha value is -0.270. The Morgan fingerprint density at radius 2 is 1.56 bits per heavy atom. The molecule has 84 valence electrons. The van der Waals surface area contributed by atoms with Gasteiger partial charge in [0, 0.05) is 6.07 Å². The summed E-state index contributed by atoms with van der Waals surface area (Å²) in [6.45, 7) is 0. The fourth-order valence-electron chi connectivity index (χ4n) is 1.15. The Bertz CT molecular complexity index is 421. The van der Waals surface area contributed by atoms with Crippen LogP contribution in [0.25, 0.3) is 0 Å². The van der Waals surface area contributed by atoms with E-state index in [9.17, 15) is 13.0 Å². The van der Waals surface area contributed by atoms with Crippen molar-refractivity contribution in [1.29, 1.82) is 0 Å². The molecule has 16 heavy (non-hydrogen) atoms. The standard InChI is InChI=1S/C9H12O5S.Na/c1-13-8-3-7(6-15(10,11)12)4-9(5-8)14-2;/h3-5H,6H2,1-2H3,(H,10,11,12);/q;+1/p-1. The molecule has 0 atom stereocenters. The average Bonchev–Trinajstić information content (AvgIpc) is 2.14. The summed E-state index contributed by atoms with van der Waals surface area (Å²) in [5, 5.41) is 0. The minimum absolute atomic E-state index is 0. The molecule has 0 saturated carbocycles. The predicted octanol–water partition coefficient (Wildman–Crippen LogP) is -2.25. The monoisotopic (exact) mass is 254 g/mol. The second kappa shape index (κ2) is 6.46. The molecule has 0 aliphatic heterocycles. The smallest absolute Gasteiger partial charge is 0.748 e. The van der Waals surface area contributed by atoms with Crippen molar-refractivity contribution in [3.63, 3.8) is 0 Å². The van der Waals surface area contributed by atoms with Crippen LogP contribution in [0.1, 0.15) is 5.56 Å². The summed E-state index contributed by atoms with van der Waals surface area (Å²) >= 11 is 0. The summed E-state index contributed by atoms with van der Waals surface area (Å²) in [5.74, 6) is 0.335. The van der Waals surface area contributed by atoms with E-state index in [1.165, 1.54) is 26.4 Å². The maximum absolute atomic E-state index is 10.6. The summed E-state index contributed by atoms with van der Waals surface area (Å²) in [7, 11) is -1.39. The van der Waals surface area contributed by atoms with E-state index in [0.717, 1.165) is 0 Å². The molecular formula is C9H11NaO5S. The first-order valence-electron chi connectivity index (χ1n) is 4.10. The number of rotatable bonds is 4. The molecule has 0 radical (unpaired) electrons. The predicted molar refractivity (Wildman–Crippen MR) is 52.9 cm³/mol. The molecule has 1 aromatic carbocycles. The molecule has 1 rings (SSSR count). The molecule has 0 aliphatic carbocycles. The maximum Gasteiger partial charge on any atom is 1.00 e. The molecule has 0 heterocycles. The van der Waals surface area contributed by atoms with E-state index in [-0.39, 0.29) is 29.6 Å². The van der Waals surface area contributed by atoms with Gasteiger partial charge in [-0.3, -0.25) is 0 Å². The molecule has 1 aromatic rings. The van der Waals surface area contributed by atoms with Crippen LogP contribution in [0.3, 0.4) is 0 Å². The Labute approximate surface area is 117 Å². The van der Waals surface area contributed by atoms with Crippen molar-refractivity contribution in [2.75, 3.05) is 14.2 Å². The van der Waals surface area contributed by atoms with Crippen molar-refractivity contribution < 1.29 is 52.0 Å². The van der Waals surface area contributed by atoms with Gasteiger partial charge >= 0.3 is 29.6 Å². The van der Waals surface area contributed by atoms with E-state index in [4.69, 9.17) is 9.47 Å². The van der Waals surface area contributed by atoms with Crippen molar-refractivity contribution >= 4 is 10.1 Å². The molecule has 7 heteroatoms. The van der Waals surface area contributed by atoms with Crippen LogP contribution < -0.4 is 39.0 Å². The molecule has 0 fully saturated rings. The van der Waals surface area contributed by atoms with Crippen molar-refractivity contribution in [1.82, 2.24) is 0 Å². The fraction of sp³-hybridized carbons (Fsp3) is 0.333. The zero-order valence-corrected chi connectivity index (χ0v) is 12.2. The summed E-state index contributed by atoms with van der Waals surface area (Å²) in [6.07, 6.45) is 0. The molecular weight excluding hydrogens is 243 g/mol. The number of hydrogen-bond donors (Lipinski definition) is 0. The second-order valence-electron chi connectivity index (χ2n) is 2.92. The molecule has 0 spiro atoms. The van der Waals surface area contributed by atoms with Gasteiger partial charge in [0.15, 0.2) is 0 Å². The van der Waals surface area contributed by atoms with E-state index < -0.39 is 15.9 Å². The topological polar surface area (TPSA) is 75.7 Å². The van der Waals surface area contributed by atoms with Gasteiger partial charge in [-0.2, -0.15) is 0 Å². The third kappa shape index (κ3) is 5.18. The van der Waals surface area contributed by atoms with Crippen LogP contribution in [0, 0.1) is 0 Å². The molecule has 0 saturated heterocycles. The summed E-state index contributed by atoms with van der Waals surface area (Å²) in [4.78, 5) is 0. The van der Waals surface area contributed by atoms with Gasteiger partial charge < -0.3 is 14.0 Å². The van der Waals surface area contributed by atoms with Crippen LogP contribution in [-0.4, -0.2) is 27.2 Å². The Morgan fingerprint density at radius 3 is 1.88 bits per heavy atom. The molecule has 0 amide bonds. The minimum atomic E-state index is -4.29. The zero-order chi connectivity index (χ0) is 11.5. The van der Waals surface area contributed by atoms with Gasteiger partial charge in [0.2, 0.25) is 0 Å². The molecule has 5 nitrogen and oxygen atoms in total. The van der Waals surface area contributed by atoms with E-state index >= 15 is 0 Å². The van der Waals surface area contributed by atoms with Crippen LogP contribution in [-0.2, 0) is 15.9 Å². The third-order valence-electron chi connectivity index (χ3n) is 1.75. The van der Waals surface area contributed by atoms with Gasteiger partial charge in [0.1, 0.15) is 11.5 Å². The van der Waals surface area contributed by atoms with Crippen LogP contribution >= 0.6 is 0 Å².